The number of rotatable bonds is 6. The van der Waals surface area contributed by atoms with Gasteiger partial charge in [-0.05, 0) is 50.1 Å². The smallest absolute Gasteiger partial charge is 0.279 e. The Morgan fingerprint density at radius 3 is 2.47 bits per heavy atom. The van der Waals surface area contributed by atoms with Crippen LogP contribution in [0.4, 0.5) is 5.69 Å². The third-order valence-corrected chi connectivity index (χ3v) is 9.24. The SMILES string of the molecule is CCn1c(=NC(=O)c2ccc(S(=O)(=O)N(C)C3CCCCC3)cc2)sc2ccc([N+](=O)[O-])cc21. The van der Waals surface area contributed by atoms with Gasteiger partial charge in [0, 0.05) is 37.3 Å². The second-order valence-electron chi connectivity index (χ2n) is 8.29. The highest BCUT2D eigenvalue weighted by Gasteiger charge is 2.29. The summed E-state index contributed by atoms with van der Waals surface area (Å²) in [7, 11) is -2.02. The highest BCUT2D eigenvalue weighted by Crippen LogP contribution is 2.27. The number of amides is 1. The molecule has 3 aromatic rings. The van der Waals surface area contributed by atoms with E-state index in [9.17, 15) is 23.3 Å². The number of aromatic nitrogens is 1. The second-order valence-corrected chi connectivity index (χ2v) is 11.3. The zero-order valence-corrected chi connectivity index (χ0v) is 20.6. The van der Waals surface area contributed by atoms with Crippen LogP contribution in [-0.4, -0.2) is 41.2 Å². The largest absolute Gasteiger partial charge is 0.316 e. The number of hydrogen-bond acceptors (Lipinski definition) is 6. The Bertz CT molecular complexity index is 1400. The lowest BCUT2D eigenvalue weighted by molar-refractivity contribution is -0.384. The average Bonchev–Trinajstić information content (AvgIpc) is 3.20. The maximum Gasteiger partial charge on any atom is 0.279 e. The second kappa shape index (κ2) is 9.77. The van der Waals surface area contributed by atoms with E-state index in [1.54, 1.807) is 17.7 Å². The maximum absolute atomic E-state index is 13.0. The molecule has 1 aliphatic rings. The van der Waals surface area contributed by atoms with Crippen molar-refractivity contribution in [1.82, 2.24) is 8.87 Å². The summed E-state index contributed by atoms with van der Waals surface area (Å²) in [4.78, 5) is 28.3. The molecule has 1 aromatic heterocycles. The molecule has 1 saturated carbocycles. The summed E-state index contributed by atoms with van der Waals surface area (Å²) < 4.78 is 30.0. The van der Waals surface area contributed by atoms with Gasteiger partial charge in [0.05, 0.1) is 20.0 Å². The lowest BCUT2D eigenvalue weighted by Crippen LogP contribution is -2.38. The van der Waals surface area contributed by atoms with Gasteiger partial charge in [-0.1, -0.05) is 30.6 Å². The van der Waals surface area contributed by atoms with Crippen molar-refractivity contribution >= 4 is 43.2 Å². The molecule has 0 saturated heterocycles. The zero-order chi connectivity index (χ0) is 24.5. The quantitative estimate of drug-likeness (QED) is 0.368. The van der Waals surface area contributed by atoms with Crippen molar-refractivity contribution in [3.63, 3.8) is 0 Å². The number of sulfonamides is 1. The Morgan fingerprint density at radius 1 is 1.18 bits per heavy atom. The van der Waals surface area contributed by atoms with E-state index in [0.29, 0.717) is 16.9 Å². The van der Waals surface area contributed by atoms with Crippen LogP contribution >= 0.6 is 11.3 Å². The molecule has 0 N–H and O–H groups in total. The first-order valence-corrected chi connectivity index (χ1v) is 13.4. The summed E-state index contributed by atoms with van der Waals surface area (Å²) in [5.74, 6) is -0.507. The summed E-state index contributed by atoms with van der Waals surface area (Å²) in [6.07, 6.45) is 4.92. The molecule has 0 spiro atoms. The van der Waals surface area contributed by atoms with E-state index >= 15 is 0 Å². The Hall–Kier alpha value is -2.89. The standard InChI is InChI=1S/C23H26N4O5S2/c1-3-26-20-15-18(27(29)30)11-14-21(20)33-23(26)24-22(28)16-9-12-19(13-10-16)34(31,32)25(2)17-7-5-4-6-8-17/h9-15,17H,3-8H2,1-2H3. The van der Waals surface area contributed by atoms with Gasteiger partial charge >= 0.3 is 0 Å². The summed E-state index contributed by atoms with van der Waals surface area (Å²) in [6, 6.07) is 10.4. The maximum atomic E-state index is 13.0. The van der Waals surface area contributed by atoms with Crippen molar-refractivity contribution in [2.75, 3.05) is 7.05 Å². The number of nitrogens with zero attached hydrogens (tertiary/aromatic N) is 4. The topological polar surface area (TPSA) is 115 Å². The van der Waals surface area contributed by atoms with Crippen molar-refractivity contribution in [3.8, 4) is 0 Å². The van der Waals surface area contributed by atoms with Gasteiger partial charge in [0.25, 0.3) is 11.6 Å². The Labute approximate surface area is 201 Å². The van der Waals surface area contributed by atoms with E-state index < -0.39 is 20.9 Å². The molecule has 0 unspecified atom stereocenters. The van der Waals surface area contributed by atoms with Crippen LogP contribution in [0.1, 0.15) is 49.4 Å². The van der Waals surface area contributed by atoms with E-state index in [1.165, 1.54) is 52.0 Å². The Balaban J connectivity index is 1.62. The molecule has 0 bridgehead atoms. The molecule has 4 rings (SSSR count). The number of non-ortho nitro benzene ring substituents is 1. The molecule has 0 atom stereocenters. The fourth-order valence-electron chi connectivity index (χ4n) is 4.29. The summed E-state index contributed by atoms with van der Waals surface area (Å²) in [5.41, 5.74) is 0.881. The lowest BCUT2D eigenvalue weighted by Gasteiger charge is -2.30. The third kappa shape index (κ3) is 4.68. The monoisotopic (exact) mass is 502 g/mol. The summed E-state index contributed by atoms with van der Waals surface area (Å²) in [6.45, 7) is 2.36. The minimum Gasteiger partial charge on any atom is -0.316 e. The average molecular weight is 503 g/mol. The van der Waals surface area contributed by atoms with Crippen LogP contribution in [-0.2, 0) is 16.6 Å². The highest BCUT2D eigenvalue weighted by atomic mass is 32.2. The van der Waals surface area contributed by atoms with Crippen molar-refractivity contribution in [1.29, 1.82) is 0 Å². The predicted molar refractivity (Wildman–Crippen MR) is 130 cm³/mol. The van der Waals surface area contributed by atoms with Crippen LogP contribution in [0.25, 0.3) is 10.2 Å². The van der Waals surface area contributed by atoms with E-state index in [2.05, 4.69) is 4.99 Å². The Kier molecular flexibility index (Phi) is 6.96. The van der Waals surface area contributed by atoms with E-state index in [1.807, 2.05) is 6.92 Å². The number of thiazole rings is 1. The van der Waals surface area contributed by atoms with E-state index in [0.717, 1.165) is 36.8 Å². The molecule has 1 amide bonds. The molecule has 1 heterocycles. The van der Waals surface area contributed by atoms with Gasteiger partial charge in [-0.2, -0.15) is 9.30 Å². The molecule has 11 heteroatoms. The molecule has 180 valence electrons. The number of nitro groups is 1. The van der Waals surface area contributed by atoms with Crippen molar-refractivity contribution in [2.45, 2.75) is 56.5 Å². The predicted octanol–water partition coefficient (Wildman–Crippen LogP) is 4.33. The molecule has 0 aliphatic heterocycles. The van der Waals surface area contributed by atoms with Crippen LogP contribution in [0, 0.1) is 10.1 Å². The van der Waals surface area contributed by atoms with Gasteiger partial charge in [-0.25, -0.2) is 8.42 Å². The third-order valence-electron chi connectivity index (χ3n) is 6.26. The van der Waals surface area contributed by atoms with Gasteiger partial charge in [0.15, 0.2) is 4.80 Å². The van der Waals surface area contributed by atoms with Gasteiger partial charge < -0.3 is 4.57 Å². The van der Waals surface area contributed by atoms with Crippen LogP contribution < -0.4 is 4.80 Å². The first kappa shape index (κ1) is 24.2. The van der Waals surface area contributed by atoms with Crippen molar-refractivity contribution < 1.29 is 18.1 Å². The molecule has 9 nitrogen and oxygen atoms in total. The number of fused-ring (bicyclic) bond motifs is 1. The van der Waals surface area contributed by atoms with Gasteiger partial charge in [0.1, 0.15) is 0 Å². The lowest BCUT2D eigenvalue weighted by atomic mass is 9.96. The highest BCUT2D eigenvalue weighted by molar-refractivity contribution is 7.89. The van der Waals surface area contributed by atoms with Crippen LogP contribution in [0.15, 0.2) is 52.4 Å². The molecular weight excluding hydrogens is 476 g/mol. The molecule has 1 aliphatic carbocycles. The minimum absolute atomic E-state index is 0.00309. The van der Waals surface area contributed by atoms with Crippen LogP contribution in [0.2, 0.25) is 0 Å². The minimum atomic E-state index is -3.64. The molecular formula is C23H26N4O5S2. The molecule has 34 heavy (non-hydrogen) atoms. The summed E-state index contributed by atoms with van der Waals surface area (Å²) >= 11 is 1.27. The fraction of sp³-hybridized carbons (Fsp3) is 0.391. The van der Waals surface area contributed by atoms with Crippen molar-refractivity contribution in [2.24, 2.45) is 4.99 Å². The summed E-state index contributed by atoms with van der Waals surface area (Å²) in [5, 5.41) is 11.1. The van der Waals surface area contributed by atoms with E-state index in [-0.39, 0.29) is 22.2 Å². The number of carbonyl (C=O) groups excluding carboxylic acids is 1. The normalized spacial score (nSPS) is 15.8. The number of nitro benzene ring substituents is 1. The molecule has 1 fully saturated rings. The van der Waals surface area contributed by atoms with Gasteiger partial charge in [0.2, 0.25) is 10.0 Å². The van der Waals surface area contributed by atoms with Crippen molar-refractivity contribution in [3.05, 3.63) is 62.9 Å². The van der Waals surface area contributed by atoms with Gasteiger partial charge in [-0.15, -0.1) is 0 Å². The number of hydrogen-bond donors (Lipinski definition) is 0. The first-order chi connectivity index (χ1) is 16.2. The number of aryl methyl sites for hydroxylation is 1. The zero-order valence-electron chi connectivity index (χ0n) is 19.0. The first-order valence-electron chi connectivity index (χ1n) is 11.2. The van der Waals surface area contributed by atoms with E-state index in [4.69, 9.17) is 0 Å². The molecule has 0 radical (unpaired) electrons. The fourth-order valence-corrected chi connectivity index (χ4v) is 6.78. The van der Waals surface area contributed by atoms with Crippen LogP contribution in [0.3, 0.4) is 0 Å². The molecule has 2 aromatic carbocycles. The number of carbonyl (C=O) groups is 1. The van der Waals surface area contributed by atoms with Gasteiger partial charge in [-0.3, -0.25) is 14.9 Å². The number of benzene rings is 2. The van der Waals surface area contributed by atoms with Crippen LogP contribution in [0.5, 0.6) is 0 Å². The Morgan fingerprint density at radius 2 is 1.85 bits per heavy atom.